The highest BCUT2D eigenvalue weighted by atomic mass is 35.5. The van der Waals surface area contributed by atoms with E-state index in [1.807, 2.05) is 0 Å². The summed E-state index contributed by atoms with van der Waals surface area (Å²) in [6.45, 7) is 8.21. The molecule has 0 N–H and O–H groups in total. The van der Waals surface area contributed by atoms with Gasteiger partial charge in [-0.25, -0.2) is 0 Å². The number of rotatable bonds is 28. The lowest BCUT2D eigenvalue weighted by molar-refractivity contribution is 0.274. The molecule has 0 aromatic carbocycles. The first-order chi connectivity index (χ1) is 15.8. The first-order valence-corrected chi connectivity index (χ1v) is 15.7. The molecule has 0 heterocycles. The smallest absolute Gasteiger partial charge is 0.0351 e. The van der Waals surface area contributed by atoms with Crippen molar-refractivity contribution in [2.45, 2.75) is 168 Å². The summed E-state index contributed by atoms with van der Waals surface area (Å²) in [6, 6.07) is 0. The van der Waals surface area contributed by atoms with E-state index in [0.29, 0.717) is 0 Å². The van der Waals surface area contributed by atoms with E-state index >= 15 is 0 Å². The third-order valence-electron chi connectivity index (χ3n) is 7.06. The SMILES string of the molecule is CCCCCCCCCCCCCCN(CCCl)CCCCCCCCCCCCCC. The second kappa shape index (κ2) is 29.3. The minimum Gasteiger partial charge on any atom is -0.302 e. The lowest BCUT2D eigenvalue weighted by Gasteiger charge is -2.21. The van der Waals surface area contributed by atoms with Gasteiger partial charge in [0.25, 0.3) is 0 Å². The molecule has 0 aromatic heterocycles. The van der Waals surface area contributed by atoms with Crippen LogP contribution in [-0.2, 0) is 0 Å². The molecule has 0 unspecified atom stereocenters. The number of hydrogen-bond donors (Lipinski definition) is 0. The molecule has 0 aromatic rings. The molecular formula is C30H62ClN. The monoisotopic (exact) mass is 471 g/mol. The summed E-state index contributed by atoms with van der Waals surface area (Å²) in [4.78, 5) is 2.62. The van der Waals surface area contributed by atoms with Gasteiger partial charge in [0.15, 0.2) is 0 Å². The Hall–Kier alpha value is 0.250. The lowest BCUT2D eigenvalue weighted by atomic mass is 10.0. The molecule has 0 fully saturated rings. The molecule has 32 heavy (non-hydrogen) atoms. The van der Waals surface area contributed by atoms with Gasteiger partial charge in [0.2, 0.25) is 0 Å². The van der Waals surface area contributed by atoms with Crippen molar-refractivity contribution in [2.75, 3.05) is 25.5 Å². The van der Waals surface area contributed by atoms with Crippen LogP contribution in [0.4, 0.5) is 0 Å². The molecule has 2 heteroatoms. The van der Waals surface area contributed by atoms with E-state index < -0.39 is 0 Å². The van der Waals surface area contributed by atoms with Crippen LogP contribution in [0.1, 0.15) is 168 Å². The van der Waals surface area contributed by atoms with Gasteiger partial charge in [-0.05, 0) is 25.9 Å². The maximum absolute atomic E-state index is 6.06. The van der Waals surface area contributed by atoms with Crippen molar-refractivity contribution in [2.24, 2.45) is 0 Å². The standard InChI is InChI=1S/C30H62ClN/c1-3-5-7-9-11-13-15-17-19-21-23-25-28-32(30-27-31)29-26-24-22-20-18-16-14-12-10-8-6-4-2/h3-30H2,1-2H3. The van der Waals surface area contributed by atoms with Crippen molar-refractivity contribution in [3.05, 3.63) is 0 Å². The van der Waals surface area contributed by atoms with E-state index in [2.05, 4.69) is 18.7 Å². The molecule has 0 saturated carbocycles. The number of halogens is 1. The van der Waals surface area contributed by atoms with Gasteiger partial charge in [0, 0.05) is 12.4 Å². The van der Waals surface area contributed by atoms with Crippen molar-refractivity contribution < 1.29 is 0 Å². The molecule has 1 nitrogen and oxygen atoms in total. The molecule has 194 valence electrons. The Kier molecular flexibility index (Phi) is 29.5. The quantitative estimate of drug-likeness (QED) is 0.0809. The van der Waals surface area contributed by atoms with Crippen molar-refractivity contribution >= 4 is 11.6 Å². The lowest BCUT2D eigenvalue weighted by Crippen LogP contribution is -2.28. The second-order valence-corrected chi connectivity index (χ2v) is 10.7. The molecule has 0 aliphatic heterocycles. The fraction of sp³-hybridized carbons (Fsp3) is 1.00. The van der Waals surface area contributed by atoms with E-state index in [-0.39, 0.29) is 0 Å². The fourth-order valence-corrected chi connectivity index (χ4v) is 5.05. The zero-order chi connectivity index (χ0) is 23.4. The van der Waals surface area contributed by atoms with Crippen LogP contribution in [0.15, 0.2) is 0 Å². The van der Waals surface area contributed by atoms with E-state index in [1.165, 1.54) is 167 Å². The highest BCUT2D eigenvalue weighted by Gasteiger charge is 2.04. The van der Waals surface area contributed by atoms with Gasteiger partial charge in [0.1, 0.15) is 0 Å². The molecule has 0 rings (SSSR count). The average Bonchev–Trinajstić information content (AvgIpc) is 2.80. The average molecular weight is 472 g/mol. The van der Waals surface area contributed by atoms with E-state index in [1.54, 1.807) is 0 Å². The minimum absolute atomic E-state index is 0.788. The third kappa shape index (κ3) is 26.5. The highest BCUT2D eigenvalue weighted by Crippen LogP contribution is 2.14. The summed E-state index contributed by atoms with van der Waals surface area (Å²) in [5, 5.41) is 0. The van der Waals surface area contributed by atoms with E-state index in [4.69, 9.17) is 11.6 Å². The van der Waals surface area contributed by atoms with E-state index in [0.717, 1.165) is 12.4 Å². The van der Waals surface area contributed by atoms with Gasteiger partial charge in [-0.1, -0.05) is 155 Å². The summed E-state index contributed by atoms with van der Waals surface area (Å²) in [6.07, 6.45) is 34.4. The third-order valence-corrected chi connectivity index (χ3v) is 7.23. The number of alkyl halides is 1. The first-order valence-electron chi connectivity index (χ1n) is 15.1. The Balaban J connectivity index is 3.39. The van der Waals surface area contributed by atoms with Gasteiger partial charge < -0.3 is 4.90 Å². The molecular weight excluding hydrogens is 410 g/mol. The largest absolute Gasteiger partial charge is 0.302 e. The summed E-state index contributed by atoms with van der Waals surface area (Å²) < 4.78 is 0. The van der Waals surface area contributed by atoms with Crippen LogP contribution in [0.2, 0.25) is 0 Å². The molecule has 0 saturated heterocycles. The number of nitrogens with zero attached hydrogens (tertiary/aromatic N) is 1. The van der Waals surface area contributed by atoms with Crippen LogP contribution in [-0.4, -0.2) is 30.4 Å². The zero-order valence-electron chi connectivity index (χ0n) is 22.6. The predicted octanol–water partition coefficient (Wildman–Crippen LogP) is 10.9. The van der Waals surface area contributed by atoms with Gasteiger partial charge in [-0.2, -0.15) is 0 Å². The Morgan fingerprint density at radius 1 is 0.344 bits per heavy atom. The van der Waals surface area contributed by atoms with Crippen molar-refractivity contribution in [3.63, 3.8) is 0 Å². The summed E-state index contributed by atoms with van der Waals surface area (Å²) >= 11 is 6.06. The summed E-state index contributed by atoms with van der Waals surface area (Å²) in [5.41, 5.74) is 0. The van der Waals surface area contributed by atoms with Crippen LogP contribution >= 0.6 is 11.6 Å². The van der Waals surface area contributed by atoms with Crippen LogP contribution in [0.25, 0.3) is 0 Å². The molecule has 0 atom stereocenters. The van der Waals surface area contributed by atoms with Gasteiger partial charge in [0.05, 0.1) is 0 Å². The predicted molar refractivity (Wildman–Crippen MR) is 149 cm³/mol. The Morgan fingerprint density at radius 3 is 0.844 bits per heavy atom. The Morgan fingerprint density at radius 2 is 0.594 bits per heavy atom. The molecule has 0 aliphatic rings. The zero-order valence-corrected chi connectivity index (χ0v) is 23.4. The number of hydrogen-bond acceptors (Lipinski definition) is 1. The van der Waals surface area contributed by atoms with Crippen LogP contribution in [0.3, 0.4) is 0 Å². The topological polar surface area (TPSA) is 3.24 Å². The molecule has 0 radical (unpaired) electrons. The van der Waals surface area contributed by atoms with Crippen LogP contribution in [0.5, 0.6) is 0 Å². The van der Waals surface area contributed by atoms with Crippen molar-refractivity contribution in [1.82, 2.24) is 4.90 Å². The van der Waals surface area contributed by atoms with Crippen molar-refractivity contribution in [3.8, 4) is 0 Å². The molecule has 0 amide bonds. The summed E-state index contributed by atoms with van der Waals surface area (Å²) in [5.74, 6) is 0.788. The number of unbranched alkanes of at least 4 members (excludes halogenated alkanes) is 22. The maximum atomic E-state index is 6.06. The van der Waals surface area contributed by atoms with E-state index in [9.17, 15) is 0 Å². The normalized spacial score (nSPS) is 11.6. The maximum Gasteiger partial charge on any atom is 0.0351 e. The first kappa shape index (κ1) is 32.2. The van der Waals surface area contributed by atoms with Gasteiger partial charge in [-0.3, -0.25) is 0 Å². The highest BCUT2D eigenvalue weighted by molar-refractivity contribution is 6.18. The Labute approximate surface area is 209 Å². The minimum atomic E-state index is 0.788. The molecule has 0 bridgehead atoms. The van der Waals surface area contributed by atoms with Gasteiger partial charge >= 0.3 is 0 Å². The summed E-state index contributed by atoms with van der Waals surface area (Å²) in [7, 11) is 0. The molecule has 0 spiro atoms. The van der Waals surface area contributed by atoms with Crippen LogP contribution in [0, 0.1) is 0 Å². The Bertz CT molecular complexity index is 292. The molecule has 0 aliphatic carbocycles. The fourth-order valence-electron chi connectivity index (χ4n) is 4.81. The van der Waals surface area contributed by atoms with Gasteiger partial charge in [-0.15, -0.1) is 11.6 Å². The van der Waals surface area contributed by atoms with Crippen LogP contribution < -0.4 is 0 Å². The second-order valence-electron chi connectivity index (χ2n) is 10.3. The van der Waals surface area contributed by atoms with Crippen molar-refractivity contribution in [1.29, 1.82) is 0 Å².